The van der Waals surface area contributed by atoms with Gasteiger partial charge in [-0.1, -0.05) is 26.0 Å². The maximum Gasteiger partial charge on any atom is 0.196 e. The summed E-state index contributed by atoms with van der Waals surface area (Å²) in [6.07, 6.45) is 4.31. The summed E-state index contributed by atoms with van der Waals surface area (Å²) in [4.78, 5) is 6.77. The van der Waals surface area contributed by atoms with E-state index >= 15 is 0 Å². The van der Waals surface area contributed by atoms with E-state index in [9.17, 15) is 0 Å². The summed E-state index contributed by atoms with van der Waals surface area (Å²) in [5.74, 6) is 2.32. The number of benzene rings is 1. The van der Waals surface area contributed by atoms with Crippen molar-refractivity contribution in [3.05, 3.63) is 47.7 Å². The summed E-state index contributed by atoms with van der Waals surface area (Å²) in [5, 5.41) is 0. The van der Waals surface area contributed by atoms with Gasteiger partial charge in [0.25, 0.3) is 0 Å². The van der Waals surface area contributed by atoms with Crippen LogP contribution in [0.5, 0.6) is 0 Å². The second kappa shape index (κ2) is 6.17. The first kappa shape index (κ1) is 13.9. The van der Waals surface area contributed by atoms with Crippen LogP contribution in [-0.4, -0.2) is 19.3 Å². The number of nitrogens with zero attached hydrogens (tertiary/aromatic N) is 2. The highest BCUT2D eigenvalue weighted by Gasteiger charge is 2.14. The molecule has 0 radical (unpaired) electrons. The lowest BCUT2D eigenvalue weighted by Gasteiger charge is -2.12. The highest BCUT2D eigenvalue weighted by Crippen LogP contribution is 2.23. The van der Waals surface area contributed by atoms with E-state index in [1.807, 2.05) is 12.1 Å². The second-order valence-electron chi connectivity index (χ2n) is 5.87. The molecule has 2 heterocycles. The van der Waals surface area contributed by atoms with E-state index in [1.54, 1.807) is 6.21 Å². The molecule has 1 aromatic heterocycles. The molecule has 110 valence electrons. The SMILES string of the molecule is CC(C)c1ccc(N=Cc2ccc(N3CCCC3)o2)cc1. The number of anilines is 1. The Kier molecular flexibility index (Phi) is 4.09. The molecule has 1 aliphatic rings. The lowest BCUT2D eigenvalue weighted by atomic mass is 10.0. The van der Waals surface area contributed by atoms with Crippen LogP contribution in [0.15, 0.2) is 45.8 Å². The third-order valence-corrected chi connectivity index (χ3v) is 3.93. The van der Waals surface area contributed by atoms with Crippen molar-refractivity contribution in [3.8, 4) is 0 Å². The molecule has 1 aliphatic heterocycles. The van der Waals surface area contributed by atoms with E-state index in [1.165, 1.54) is 18.4 Å². The molecule has 0 bridgehead atoms. The lowest BCUT2D eigenvalue weighted by molar-refractivity contribution is 0.550. The van der Waals surface area contributed by atoms with Crippen molar-refractivity contribution < 1.29 is 4.42 Å². The van der Waals surface area contributed by atoms with Crippen molar-refractivity contribution in [3.63, 3.8) is 0 Å². The van der Waals surface area contributed by atoms with Gasteiger partial charge in [-0.15, -0.1) is 0 Å². The molecular formula is C18H22N2O. The number of furan rings is 1. The zero-order valence-corrected chi connectivity index (χ0v) is 12.7. The van der Waals surface area contributed by atoms with E-state index in [2.05, 4.69) is 48.0 Å². The van der Waals surface area contributed by atoms with Gasteiger partial charge in [-0.3, -0.25) is 4.99 Å². The maximum absolute atomic E-state index is 5.83. The third kappa shape index (κ3) is 3.35. The summed E-state index contributed by atoms with van der Waals surface area (Å²) in [7, 11) is 0. The van der Waals surface area contributed by atoms with Gasteiger partial charge in [0.15, 0.2) is 5.88 Å². The topological polar surface area (TPSA) is 28.7 Å². The molecule has 0 saturated carbocycles. The average molecular weight is 282 g/mol. The Morgan fingerprint density at radius 2 is 1.76 bits per heavy atom. The van der Waals surface area contributed by atoms with Gasteiger partial charge in [0.2, 0.25) is 0 Å². The summed E-state index contributed by atoms with van der Waals surface area (Å²) in [6.45, 7) is 6.59. The van der Waals surface area contributed by atoms with E-state index in [4.69, 9.17) is 4.42 Å². The Labute approximate surface area is 126 Å². The Balaban J connectivity index is 1.68. The Hall–Kier alpha value is -2.03. The van der Waals surface area contributed by atoms with E-state index in [-0.39, 0.29) is 0 Å². The minimum Gasteiger partial charge on any atom is -0.440 e. The number of rotatable bonds is 4. The predicted molar refractivity (Wildman–Crippen MR) is 87.9 cm³/mol. The maximum atomic E-state index is 5.83. The van der Waals surface area contributed by atoms with E-state index in [0.29, 0.717) is 5.92 Å². The van der Waals surface area contributed by atoms with Crippen LogP contribution < -0.4 is 4.90 Å². The van der Waals surface area contributed by atoms with Crippen molar-refractivity contribution >= 4 is 17.8 Å². The average Bonchev–Trinajstić information content (AvgIpc) is 3.16. The summed E-state index contributed by atoms with van der Waals surface area (Å²) in [5.41, 5.74) is 2.29. The van der Waals surface area contributed by atoms with Crippen molar-refractivity contribution in [2.75, 3.05) is 18.0 Å². The largest absolute Gasteiger partial charge is 0.440 e. The molecule has 21 heavy (non-hydrogen) atoms. The molecule has 3 rings (SSSR count). The van der Waals surface area contributed by atoms with Gasteiger partial charge in [0.05, 0.1) is 11.9 Å². The normalized spacial score (nSPS) is 15.5. The van der Waals surface area contributed by atoms with Gasteiger partial charge in [0.1, 0.15) is 5.76 Å². The van der Waals surface area contributed by atoms with Gasteiger partial charge >= 0.3 is 0 Å². The molecule has 0 unspecified atom stereocenters. The number of aliphatic imine (C=N–C) groups is 1. The first-order valence-corrected chi connectivity index (χ1v) is 7.71. The van der Waals surface area contributed by atoms with Gasteiger partial charge in [-0.25, -0.2) is 0 Å². The molecule has 0 amide bonds. The molecule has 1 saturated heterocycles. The van der Waals surface area contributed by atoms with Crippen molar-refractivity contribution in [1.29, 1.82) is 0 Å². The summed E-state index contributed by atoms with van der Waals surface area (Å²) < 4.78 is 5.83. The van der Waals surface area contributed by atoms with Crippen LogP contribution >= 0.6 is 0 Å². The fourth-order valence-corrected chi connectivity index (χ4v) is 2.60. The van der Waals surface area contributed by atoms with E-state index < -0.39 is 0 Å². The summed E-state index contributed by atoms with van der Waals surface area (Å²) >= 11 is 0. The Morgan fingerprint density at radius 3 is 2.43 bits per heavy atom. The Morgan fingerprint density at radius 1 is 1.05 bits per heavy atom. The smallest absolute Gasteiger partial charge is 0.196 e. The molecule has 0 atom stereocenters. The van der Waals surface area contributed by atoms with E-state index in [0.717, 1.165) is 30.4 Å². The van der Waals surface area contributed by atoms with Crippen LogP contribution in [0.1, 0.15) is 43.9 Å². The molecule has 3 heteroatoms. The third-order valence-electron chi connectivity index (χ3n) is 3.93. The highest BCUT2D eigenvalue weighted by molar-refractivity contribution is 5.79. The molecule has 0 aliphatic carbocycles. The lowest BCUT2D eigenvalue weighted by Crippen LogP contribution is -2.16. The van der Waals surface area contributed by atoms with Gasteiger partial charge in [-0.05, 0) is 42.5 Å². The minimum atomic E-state index is 0.552. The first-order valence-electron chi connectivity index (χ1n) is 7.71. The second-order valence-corrected chi connectivity index (χ2v) is 5.87. The van der Waals surface area contributed by atoms with Crippen LogP contribution in [0.25, 0.3) is 0 Å². The van der Waals surface area contributed by atoms with Gasteiger partial charge < -0.3 is 9.32 Å². The molecule has 2 aromatic rings. The standard InChI is InChI=1S/C18H22N2O/c1-14(2)15-5-7-16(8-6-15)19-13-17-9-10-18(21-17)20-11-3-4-12-20/h5-10,13-14H,3-4,11-12H2,1-2H3. The zero-order chi connectivity index (χ0) is 14.7. The summed E-state index contributed by atoms with van der Waals surface area (Å²) in [6, 6.07) is 12.4. The molecular weight excluding hydrogens is 260 g/mol. The number of hydrogen-bond donors (Lipinski definition) is 0. The zero-order valence-electron chi connectivity index (χ0n) is 12.7. The van der Waals surface area contributed by atoms with Gasteiger partial charge in [0, 0.05) is 19.2 Å². The van der Waals surface area contributed by atoms with Crippen LogP contribution in [0, 0.1) is 0 Å². The van der Waals surface area contributed by atoms with Crippen molar-refractivity contribution in [1.82, 2.24) is 0 Å². The monoisotopic (exact) mass is 282 g/mol. The first-order chi connectivity index (χ1) is 10.2. The minimum absolute atomic E-state index is 0.552. The molecule has 0 N–H and O–H groups in total. The molecule has 3 nitrogen and oxygen atoms in total. The predicted octanol–water partition coefficient (Wildman–Crippen LogP) is 4.75. The van der Waals surface area contributed by atoms with Crippen molar-refractivity contribution in [2.45, 2.75) is 32.6 Å². The highest BCUT2D eigenvalue weighted by atomic mass is 16.4. The van der Waals surface area contributed by atoms with Crippen LogP contribution in [0.2, 0.25) is 0 Å². The Bertz CT molecular complexity index is 604. The fraction of sp³-hybridized carbons (Fsp3) is 0.389. The van der Waals surface area contributed by atoms with Gasteiger partial charge in [-0.2, -0.15) is 0 Å². The van der Waals surface area contributed by atoms with Crippen molar-refractivity contribution in [2.24, 2.45) is 4.99 Å². The van der Waals surface area contributed by atoms with Crippen LogP contribution in [0.4, 0.5) is 11.6 Å². The quantitative estimate of drug-likeness (QED) is 0.757. The molecule has 1 aromatic carbocycles. The van der Waals surface area contributed by atoms with Crippen LogP contribution in [0.3, 0.4) is 0 Å². The number of hydrogen-bond acceptors (Lipinski definition) is 3. The fourth-order valence-electron chi connectivity index (χ4n) is 2.60. The molecule has 0 spiro atoms. The molecule has 1 fully saturated rings. The van der Waals surface area contributed by atoms with Crippen LogP contribution in [-0.2, 0) is 0 Å².